The highest BCUT2D eigenvalue weighted by Gasteiger charge is 2.30. The summed E-state index contributed by atoms with van der Waals surface area (Å²) in [6.07, 6.45) is 3.29. The fraction of sp³-hybridized carbons (Fsp3) is 0.444. The van der Waals surface area contributed by atoms with Gasteiger partial charge < -0.3 is 14.6 Å². The molecular formula is C18H22O5S. The lowest BCUT2D eigenvalue weighted by Gasteiger charge is -2.16. The summed E-state index contributed by atoms with van der Waals surface area (Å²) >= 11 is 1.20. The molecule has 24 heavy (non-hydrogen) atoms. The Kier molecular flexibility index (Phi) is 5.94. The molecular weight excluding hydrogens is 328 g/mol. The molecule has 0 unspecified atom stereocenters. The summed E-state index contributed by atoms with van der Waals surface area (Å²) in [5.41, 5.74) is 3.80. The summed E-state index contributed by atoms with van der Waals surface area (Å²) in [5.74, 6) is 0.954. The number of thioether (sulfide) groups is 1. The Hall–Kier alpha value is -1.95. The first-order valence-corrected chi connectivity index (χ1v) is 8.70. The molecule has 0 atom stereocenters. The van der Waals surface area contributed by atoms with Gasteiger partial charge in [0.15, 0.2) is 0 Å². The predicted molar refractivity (Wildman–Crippen MR) is 93.7 cm³/mol. The second-order valence-electron chi connectivity index (χ2n) is 5.75. The quantitative estimate of drug-likeness (QED) is 0.625. The molecule has 0 saturated heterocycles. The topological polar surface area (TPSA) is 72.8 Å². The first-order valence-electron chi connectivity index (χ1n) is 7.71. The van der Waals surface area contributed by atoms with E-state index >= 15 is 0 Å². The summed E-state index contributed by atoms with van der Waals surface area (Å²) in [6, 6.07) is 0. The van der Waals surface area contributed by atoms with E-state index in [1.807, 2.05) is 19.9 Å². The van der Waals surface area contributed by atoms with Crippen LogP contribution in [0.3, 0.4) is 0 Å². The van der Waals surface area contributed by atoms with Gasteiger partial charge in [0.1, 0.15) is 11.5 Å². The molecule has 0 saturated carbocycles. The fourth-order valence-electron chi connectivity index (χ4n) is 2.81. The summed E-state index contributed by atoms with van der Waals surface area (Å²) in [6.45, 7) is 3.83. The Morgan fingerprint density at radius 2 is 2.04 bits per heavy atom. The molecule has 0 fully saturated rings. The maximum atomic E-state index is 12.0. The van der Waals surface area contributed by atoms with Gasteiger partial charge in [-0.3, -0.25) is 9.59 Å². The van der Waals surface area contributed by atoms with Crippen molar-refractivity contribution in [2.45, 2.75) is 38.9 Å². The van der Waals surface area contributed by atoms with E-state index in [2.05, 4.69) is 4.74 Å². The van der Waals surface area contributed by atoms with Crippen LogP contribution in [0.2, 0.25) is 0 Å². The average Bonchev–Trinajstić information content (AvgIpc) is 2.96. The van der Waals surface area contributed by atoms with Gasteiger partial charge in [-0.15, -0.1) is 0 Å². The molecule has 0 bridgehead atoms. The van der Waals surface area contributed by atoms with E-state index in [-0.39, 0.29) is 16.8 Å². The van der Waals surface area contributed by atoms with Crippen LogP contribution in [0.15, 0.2) is 11.6 Å². The first kappa shape index (κ1) is 18.4. The van der Waals surface area contributed by atoms with Crippen molar-refractivity contribution in [3.63, 3.8) is 0 Å². The van der Waals surface area contributed by atoms with Gasteiger partial charge in [-0.25, -0.2) is 0 Å². The molecule has 0 aromatic heterocycles. The molecule has 1 N–H and O–H groups in total. The number of allylic oxidation sites excluding steroid dienone is 2. The highest BCUT2D eigenvalue weighted by molar-refractivity contribution is 8.14. The van der Waals surface area contributed by atoms with Gasteiger partial charge >= 0.3 is 5.97 Å². The van der Waals surface area contributed by atoms with Gasteiger partial charge in [0.2, 0.25) is 5.12 Å². The smallest absolute Gasteiger partial charge is 0.305 e. The standard InChI is InChI=1S/C18H22O5S/c1-10(6-8-14(19)22-3)5-7-12-16(20)15-13(9-24-18(15)21)11(2)17(12)23-4/h5,20H,6-9H2,1-4H3/b10-5+. The number of aromatic hydroxyl groups is 1. The minimum absolute atomic E-state index is 0.0134. The van der Waals surface area contributed by atoms with Crippen molar-refractivity contribution in [1.29, 1.82) is 0 Å². The lowest BCUT2D eigenvalue weighted by molar-refractivity contribution is -0.140. The Bertz CT molecular complexity index is 706. The zero-order valence-corrected chi connectivity index (χ0v) is 15.2. The normalized spacial score (nSPS) is 13.8. The van der Waals surface area contributed by atoms with Gasteiger partial charge in [-0.05, 0) is 37.8 Å². The van der Waals surface area contributed by atoms with Gasteiger partial charge in [-0.1, -0.05) is 23.4 Å². The highest BCUT2D eigenvalue weighted by atomic mass is 32.2. The third-order valence-electron chi connectivity index (χ3n) is 4.25. The summed E-state index contributed by atoms with van der Waals surface area (Å²) in [5, 5.41) is 10.5. The van der Waals surface area contributed by atoms with Crippen LogP contribution >= 0.6 is 11.8 Å². The van der Waals surface area contributed by atoms with Gasteiger partial charge in [0, 0.05) is 17.7 Å². The number of methoxy groups -OCH3 is 2. The Balaban J connectivity index is 2.30. The molecule has 1 aliphatic heterocycles. The number of benzene rings is 1. The maximum Gasteiger partial charge on any atom is 0.305 e. The molecule has 1 aliphatic rings. The zero-order valence-electron chi connectivity index (χ0n) is 14.4. The number of esters is 1. The predicted octanol–water partition coefficient (Wildman–Crippen LogP) is 3.54. The number of ether oxygens (including phenoxy) is 2. The van der Waals surface area contributed by atoms with Crippen molar-refractivity contribution in [2.75, 3.05) is 14.2 Å². The first-order chi connectivity index (χ1) is 11.4. The van der Waals surface area contributed by atoms with Crippen molar-refractivity contribution in [1.82, 2.24) is 0 Å². The number of rotatable bonds is 6. The summed E-state index contributed by atoms with van der Waals surface area (Å²) in [7, 11) is 2.93. The third-order valence-corrected chi connectivity index (χ3v) is 5.15. The van der Waals surface area contributed by atoms with Gasteiger partial charge in [0.25, 0.3) is 0 Å². The molecule has 6 heteroatoms. The van der Waals surface area contributed by atoms with E-state index in [9.17, 15) is 14.7 Å². The van der Waals surface area contributed by atoms with Crippen molar-refractivity contribution < 1.29 is 24.2 Å². The third kappa shape index (κ3) is 3.59. The number of carbonyl (C=O) groups is 2. The van der Waals surface area contributed by atoms with Crippen LogP contribution in [0.1, 0.15) is 46.8 Å². The zero-order chi connectivity index (χ0) is 17.9. The minimum Gasteiger partial charge on any atom is -0.507 e. The van der Waals surface area contributed by atoms with E-state index in [1.54, 1.807) is 7.11 Å². The van der Waals surface area contributed by atoms with Crippen LogP contribution in [-0.4, -0.2) is 30.4 Å². The van der Waals surface area contributed by atoms with E-state index in [0.29, 0.717) is 41.9 Å². The molecule has 2 rings (SSSR count). The van der Waals surface area contributed by atoms with Crippen molar-refractivity contribution >= 4 is 22.8 Å². The van der Waals surface area contributed by atoms with Crippen LogP contribution < -0.4 is 4.74 Å². The molecule has 130 valence electrons. The Morgan fingerprint density at radius 1 is 1.33 bits per heavy atom. The van der Waals surface area contributed by atoms with Crippen LogP contribution in [-0.2, 0) is 21.7 Å². The van der Waals surface area contributed by atoms with Gasteiger partial charge in [-0.2, -0.15) is 0 Å². The van der Waals surface area contributed by atoms with Crippen molar-refractivity contribution in [3.8, 4) is 11.5 Å². The van der Waals surface area contributed by atoms with Gasteiger partial charge in [0.05, 0.1) is 19.8 Å². The minimum atomic E-state index is -0.251. The molecule has 0 amide bonds. The SMILES string of the molecule is COC(=O)CC/C(C)=C/Cc1c(O)c2c(c(C)c1OC)CSC2=O. The Morgan fingerprint density at radius 3 is 2.67 bits per heavy atom. The highest BCUT2D eigenvalue weighted by Crippen LogP contribution is 2.45. The molecule has 0 radical (unpaired) electrons. The lowest BCUT2D eigenvalue weighted by atomic mass is 9.94. The van der Waals surface area contributed by atoms with Crippen LogP contribution in [0, 0.1) is 6.92 Å². The number of carbonyl (C=O) groups excluding carboxylic acids is 2. The maximum absolute atomic E-state index is 12.0. The largest absolute Gasteiger partial charge is 0.507 e. The number of hydrogen-bond acceptors (Lipinski definition) is 6. The second-order valence-corrected chi connectivity index (χ2v) is 6.69. The van der Waals surface area contributed by atoms with Crippen LogP contribution in [0.4, 0.5) is 0 Å². The second kappa shape index (κ2) is 7.75. The molecule has 1 aromatic carbocycles. The lowest BCUT2D eigenvalue weighted by Crippen LogP contribution is -2.03. The molecule has 5 nitrogen and oxygen atoms in total. The molecule has 1 heterocycles. The molecule has 1 aromatic rings. The number of phenols is 1. The summed E-state index contributed by atoms with van der Waals surface area (Å²) in [4.78, 5) is 23.2. The summed E-state index contributed by atoms with van der Waals surface area (Å²) < 4.78 is 10.1. The van der Waals surface area contributed by atoms with E-state index in [1.165, 1.54) is 18.9 Å². The van der Waals surface area contributed by atoms with E-state index < -0.39 is 0 Å². The number of phenolic OH excluding ortho intramolecular Hbond substituents is 1. The van der Waals surface area contributed by atoms with Crippen molar-refractivity contribution in [2.24, 2.45) is 0 Å². The monoisotopic (exact) mass is 350 g/mol. The van der Waals surface area contributed by atoms with Crippen LogP contribution in [0.25, 0.3) is 0 Å². The number of fused-ring (bicyclic) bond motifs is 1. The van der Waals surface area contributed by atoms with E-state index in [4.69, 9.17) is 4.74 Å². The molecule has 0 aliphatic carbocycles. The van der Waals surface area contributed by atoms with Crippen LogP contribution in [0.5, 0.6) is 11.5 Å². The molecule has 0 spiro atoms. The average molecular weight is 350 g/mol. The van der Waals surface area contributed by atoms with E-state index in [0.717, 1.165) is 16.7 Å². The Labute approximate surface area is 146 Å². The number of hydrogen-bond donors (Lipinski definition) is 1. The fourth-order valence-corrected chi connectivity index (χ4v) is 3.81. The van der Waals surface area contributed by atoms with Crippen molar-refractivity contribution in [3.05, 3.63) is 33.9 Å².